The minimum absolute atomic E-state index is 0.0895. The zero-order chi connectivity index (χ0) is 29.0. The molecule has 3 aromatic rings. The fourth-order valence-corrected chi connectivity index (χ4v) is 5.14. The molecule has 1 aliphatic rings. The van der Waals surface area contributed by atoms with Crippen LogP contribution in [0.5, 0.6) is 0 Å². The highest BCUT2D eigenvalue weighted by Gasteiger charge is 2.31. The van der Waals surface area contributed by atoms with Crippen molar-refractivity contribution in [3.8, 4) is 11.1 Å². The second-order valence-corrected chi connectivity index (χ2v) is 10.3. The molecule has 41 heavy (non-hydrogen) atoms. The average molecular weight is 559 g/mol. The van der Waals surface area contributed by atoms with E-state index in [4.69, 9.17) is 14.6 Å². The molecule has 2 atom stereocenters. The number of amides is 2. The zero-order valence-electron chi connectivity index (χ0n) is 23.4. The summed E-state index contributed by atoms with van der Waals surface area (Å²) in [6, 6.07) is 24.9. The zero-order valence-corrected chi connectivity index (χ0v) is 23.4. The van der Waals surface area contributed by atoms with E-state index in [1.807, 2.05) is 54.6 Å². The monoisotopic (exact) mass is 558 g/mol. The first-order chi connectivity index (χ1) is 19.9. The molecule has 0 spiro atoms. The third kappa shape index (κ3) is 8.41. The Morgan fingerprint density at radius 2 is 1.44 bits per heavy atom. The largest absolute Gasteiger partial charge is 0.481 e. The van der Waals surface area contributed by atoms with Crippen molar-refractivity contribution in [3.63, 3.8) is 0 Å². The second-order valence-electron chi connectivity index (χ2n) is 10.3. The Morgan fingerprint density at radius 3 is 2.10 bits per heavy atom. The highest BCUT2D eigenvalue weighted by molar-refractivity contribution is 5.86. The standard InChI is InChI=1S/C33H38N2O6/c1-23(40-21-24-13-5-4-6-14-24)31(32(38)34-20-12-3-2-7-19-30(36)37)35-33(39)41-22-29-27-17-10-8-15-25(27)26-16-9-11-18-28(26)29/h4-6,8-11,13-18,23,29,31H,2-3,7,12,19-22H2,1H3,(H,34,38)(H,35,39)(H,36,37)/t23-,31+/m0/s1. The van der Waals surface area contributed by atoms with Gasteiger partial charge in [0.2, 0.25) is 5.91 Å². The molecule has 0 aromatic heterocycles. The molecular formula is C33H38N2O6. The molecule has 0 aliphatic heterocycles. The quantitative estimate of drug-likeness (QED) is 0.208. The number of hydrogen-bond acceptors (Lipinski definition) is 5. The first-order valence-corrected chi connectivity index (χ1v) is 14.2. The Balaban J connectivity index is 1.34. The van der Waals surface area contributed by atoms with E-state index in [-0.39, 0.29) is 24.9 Å². The summed E-state index contributed by atoms with van der Waals surface area (Å²) >= 11 is 0. The molecule has 0 saturated heterocycles. The summed E-state index contributed by atoms with van der Waals surface area (Å²) in [6.07, 6.45) is 1.75. The van der Waals surface area contributed by atoms with Crippen LogP contribution >= 0.6 is 0 Å². The van der Waals surface area contributed by atoms with Crippen LogP contribution in [0.2, 0.25) is 0 Å². The summed E-state index contributed by atoms with van der Waals surface area (Å²) in [5, 5.41) is 14.4. The maximum atomic E-state index is 13.2. The number of carboxylic acids is 1. The summed E-state index contributed by atoms with van der Waals surface area (Å²) in [4.78, 5) is 36.8. The van der Waals surface area contributed by atoms with E-state index in [9.17, 15) is 14.4 Å². The lowest BCUT2D eigenvalue weighted by molar-refractivity contribution is -0.137. The van der Waals surface area contributed by atoms with Crippen LogP contribution in [0.15, 0.2) is 78.9 Å². The van der Waals surface area contributed by atoms with Gasteiger partial charge < -0.3 is 25.2 Å². The van der Waals surface area contributed by atoms with E-state index in [1.165, 1.54) is 0 Å². The van der Waals surface area contributed by atoms with Crippen molar-refractivity contribution in [3.05, 3.63) is 95.6 Å². The summed E-state index contributed by atoms with van der Waals surface area (Å²) in [6.45, 7) is 2.61. The molecule has 8 heteroatoms. The van der Waals surface area contributed by atoms with Crippen molar-refractivity contribution in [1.82, 2.24) is 10.6 Å². The highest BCUT2D eigenvalue weighted by atomic mass is 16.5. The lowest BCUT2D eigenvalue weighted by atomic mass is 9.98. The van der Waals surface area contributed by atoms with Gasteiger partial charge in [-0.1, -0.05) is 91.7 Å². The van der Waals surface area contributed by atoms with Crippen molar-refractivity contribution in [2.24, 2.45) is 0 Å². The highest BCUT2D eigenvalue weighted by Crippen LogP contribution is 2.44. The maximum absolute atomic E-state index is 13.2. The van der Waals surface area contributed by atoms with Crippen LogP contribution in [0.25, 0.3) is 11.1 Å². The van der Waals surface area contributed by atoms with Gasteiger partial charge in [-0.3, -0.25) is 9.59 Å². The van der Waals surface area contributed by atoms with Gasteiger partial charge in [0.25, 0.3) is 0 Å². The number of carbonyl (C=O) groups is 3. The van der Waals surface area contributed by atoms with E-state index in [2.05, 4.69) is 34.9 Å². The lowest BCUT2D eigenvalue weighted by Crippen LogP contribution is -2.53. The molecule has 0 heterocycles. The van der Waals surface area contributed by atoms with Gasteiger partial charge in [-0.25, -0.2) is 4.79 Å². The van der Waals surface area contributed by atoms with Gasteiger partial charge >= 0.3 is 12.1 Å². The Morgan fingerprint density at radius 1 is 0.829 bits per heavy atom. The molecule has 0 radical (unpaired) electrons. The minimum atomic E-state index is -0.957. The molecule has 3 aromatic carbocycles. The topological polar surface area (TPSA) is 114 Å². The third-order valence-corrected chi connectivity index (χ3v) is 7.34. The molecule has 2 amide bonds. The van der Waals surface area contributed by atoms with Crippen LogP contribution in [0.1, 0.15) is 61.6 Å². The van der Waals surface area contributed by atoms with Gasteiger partial charge in [-0.15, -0.1) is 0 Å². The molecule has 0 bridgehead atoms. The number of ether oxygens (including phenoxy) is 2. The average Bonchev–Trinajstić information content (AvgIpc) is 3.31. The summed E-state index contributed by atoms with van der Waals surface area (Å²) in [5.41, 5.74) is 5.46. The number of hydrogen-bond donors (Lipinski definition) is 3. The van der Waals surface area contributed by atoms with Gasteiger partial charge in [0.1, 0.15) is 12.6 Å². The minimum Gasteiger partial charge on any atom is -0.481 e. The number of unbranched alkanes of at least 4 members (excludes halogenated alkanes) is 3. The molecule has 0 fully saturated rings. The van der Waals surface area contributed by atoms with Gasteiger partial charge in [0.05, 0.1) is 12.7 Å². The van der Waals surface area contributed by atoms with Crippen molar-refractivity contribution >= 4 is 18.0 Å². The van der Waals surface area contributed by atoms with Crippen LogP contribution in [-0.4, -0.2) is 48.4 Å². The lowest BCUT2D eigenvalue weighted by Gasteiger charge is -2.25. The van der Waals surface area contributed by atoms with Crippen LogP contribution in [0.3, 0.4) is 0 Å². The van der Waals surface area contributed by atoms with E-state index in [0.717, 1.165) is 40.7 Å². The van der Waals surface area contributed by atoms with Gasteiger partial charge in [0.15, 0.2) is 0 Å². The molecule has 4 rings (SSSR count). The fraction of sp³-hybridized carbons (Fsp3) is 0.364. The molecule has 0 unspecified atom stereocenters. The van der Waals surface area contributed by atoms with Gasteiger partial charge in [0, 0.05) is 18.9 Å². The fourth-order valence-electron chi connectivity index (χ4n) is 5.14. The van der Waals surface area contributed by atoms with Crippen LogP contribution < -0.4 is 10.6 Å². The van der Waals surface area contributed by atoms with Crippen LogP contribution in [-0.2, 0) is 25.7 Å². The van der Waals surface area contributed by atoms with Crippen LogP contribution in [0.4, 0.5) is 4.79 Å². The molecule has 216 valence electrons. The molecular weight excluding hydrogens is 520 g/mol. The van der Waals surface area contributed by atoms with E-state index in [0.29, 0.717) is 26.0 Å². The SMILES string of the molecule is C[C@H](OCc1ccccc1)[C@@H](NC(=O)OCC1c2ccccc2-c2ccccc21)C(=O)NCCCCCCC(=O)O. The number of carbonyl (C=O) groups excluding carboxylic acids is 2. The van der Waals surface area contributed by atoms with E-state index >= 15 is 0 Å². The molecule has 0 saturated carbocycles. The second kappa shape index (κ2) is 15.0. The first kappa shape index (κ1) is 29.8. The van der Waals surface area contributed by atoms with E-state index in [1.54, 1.807) is 6.92 Å². The Hall–Kier alpha value is -4.17. The normalized spacial score (nSPS) is 13.5. The smallest absolute Gasteiger partial charge is 0.407 e. The first-order valence-electron chi connectivity index (χ1n) is 14.2. The molecule has 1 aliphatic carbocycles. The number of benzene rings is 3. The summed E-state index contributed by atoms with van der Waals surface area (Å²) in [5.74, 6) is -1.25. The number of alkyl carbamates (subject to hydrolysis) is 1. The summed E-state index contributed by atoms with van der Waals surface area (Å²) < 4.78 is 11.7. The van der Waals surface area contributed by atoms with Crippen molar-refractivity contribution in [2.75, 3.05) is 13.2 Å². The maximum Gasteiger partial charge on any atom is 0.407 e. The van der Waals surface area contributed by atoms with Crippen molar-refractivity contribution < 1.29 is 29.0 Å². The summed E-state index contributed by atoms with van der Waals surface area (Å²) in [7, 11) is 0. The predicted molar refractivity (Wildman–Crippen MR) is 156 cm³/mol. The number of carboxylic acid groups (broad SMARTS) is 1. The van der Waals surface area contributed by atoms with Crippen LogP contribution in [0, 0.1) is 0 Å². The van der Waals surface area contributed by atoms with Crippen molar-refractivity contribution in [2.45, 2.75) is 63.7 Å². The third-order valence-electron chi connectivity index (χ3n) is 7.34. The predicted octanol–water partition coefficient (Wildman–Crippen LogP) is 5.65. The molecule has 3 N–H and O–H groups in total. The Bertz CT molecular complexity index is 1270. The Labute approximate surface area is 241 Å². The van der Waals surface area contributed by atoms with E-state index < -0.39 is 24.2 Å². The number of rotatable bonds is 15. The Kier molecular flexibility index (Phi) is 10.9. The van der Waals surface area contributed by atoms with Gasteiger partial charge in [-0.2, -0.15) is 0 Å². The number of fused-ring (bicyclic) bond motifs is 3. The number of nitrogens with one attached hydrogen (secondary N) is 2. The number of aliphatic carboxylic acids is 1. The van der Waals surface area contributed by atoms with Gasteiger partial charge in [-0.05, 0) is 47.6 Å². The van der Waals surface area contributed by atoms with Crippen molar-refractivity contribution in [1.29, 1.82) is 0 Å². The molecule has 8 nitrogen and oxygen atoms in total.